The van der Waals surface area contributed by atoms with Crippen molar-refractivity contribution in [2.24, 2.45) is 5.73 Å². The van der Waals surface area contributed by atoms with Crippen LogP contribution >= 0.6 is 7.82 Å². The molecule has 0 heterocycles. The highest BCUT2D eigenvalue weighted by molar-refractivity contribution is 7.47. The van der Waals surface area contributed by atoms with Gasteiger partial charge in [-0.15, -0.1) is 0 Å². The summed E-state index contributed by atoms with van der Waals surface area (Å²) in [5.41, 5.74) is 5.40. The summed E-state index contributed by atoms with van der Waals surface area (Å²) in [6.07, 6.45) is 101. The largest absolute Gasteiger partial charge is 0.472 e. The Morgan fingerprint density at radius 3 is 0.885 bits per heavy atom. The molecule has 0 rings (SSSR count). The van der Waals surface area contributed by atoms with Crippen LogP contribution in [0.2, 0.25) is 0 Å². The lowest BCUT2D eigenvalue weighted by atomic mass is 10.0. The van der Waals surface area contributed by atoms with Gasteiger partial charge >= 0.3 is 19.8 Å². The molecular weight excluding hydrogens is 1100 g/mol. The fourth-order valence-electron chi connectivity index (χ4n) is 9.85. The van der Waals surface area contributed by atoms with E-state index in [1.807, 2.05) is 0 Å². The first kappa shape index (κ1) is 83.2. The Labute approximate surface area is 535 Å². The molecule has 0 saturated carbocycles. The van der Waals surface area contributed by atoms with Crippen molar-refractivity contribution >= 4 is 19.8 Å². The number of carbonyl (C=O) groups is 2. The van der Waals surface area contributed by atoms with Crippen LogP contribution in [-0.4, -0.2) is 49.3 Å². The monoisotopic (exact) mass is 1230 g/mol. The van der Waals surface area contributed by atoms with Gasteiger partial charge in [0.05, 0.1) is 13.2 Å². The molecule has 0 aliphatic heterocycles. The summed E-state index contributed by atoms with van der Waals surface area (Å²) >= 11 is 0. The van der Waals surface area contributed by atoms with Gasteiger partial charge in [0.2, 0.25) is 0 Å². The Morgan fingerprint density at radius 2 is 0.598 bits per heavy atom. The fourth-order valence-corrected chi connectivity index (χ4v) is 10.6. The first-order chi connectivity index (χ1) is 42.8. The molecule has 0 saturated heterocycles. The number of rotatable bonds is 66. The maximum atomic E-state index is 12.8. The molecule has 3 N–H and O–H groups in total. The minimum Gasteiger partial charge on any atom is -0.462 e. The Balaban J connectivity index is 3.85. The van der Waals surface area contributed by atoms with Crippen molar-refractivity contribution in [3.8, 4) is 0 Å². The lowest BCUT2D eigenvalue weighted by molar-refractivity contribution is -0.161. The molecule has 0 aromatic heterocycles. The maximum absolute atomic E-state index is 12.8. The van der Waals surface area contributed by atoms with Crippen LogP contribution in [0.25, 0.3) is 0 Å². The lowest BCUT2D eigenvalue weighted by Crippen LogP contribution is -2.29. The van der Waals surface area contributed by atoms with E-state index in [1.54, 1.807) is 0 Å². The second kappa shape index (κ2) is 71.2. The van der Waals surface area contributed by atoms with E-state index in [0.29, 0.717) is 6.42 Å². The topological polar surface area (TPSA) is 134 Å². The van der Waals surface area contributed by atoms with Crippen molar-refractivity contribution < 1.29 is 37.6 Å². The highest BCUT2D eigenvalue weighted by atomic mass is 31.2. The van der Waals surface area contributed by atoms with Crippen LogP contribution < -0.4 is 5.73 Å². The van der Waals surface area contributed by atoms with E-state index in [0.717, 1.165) is 116 Å². The average molecular weight is 1230 g/mol. The smallest absolute Gasteiger partial charge is 0.462 e. The number of ether oxygens (including phenoxy) is 2. The standard InChI is InChI=1S/C77H132NO8P/c1-3-5-7-9-11-13-15-17-19-21-23-25-27-29-31-32-33-34-35-36-37-38-39-40-41-42-44-45-47-49-51-53-55-57-59-61-63-65-67-69-76(79)83-73-75(74-85-87(81,82)84-72-71-78)86-77(80)70-68-66-64-62-60-58-56-54-52-50-48-46-43-30-28-26-24-22-20-18-16-14-12-10-8-6-4-2/h5-8,11-14,17-20,23-26,29-31,43,48,50,75H,3-4,9-10,15-16,21-22,27-28,32-42,44-47,49,51-74,78H2,1-2H3,(H,81,82)/b7-5-,8-6-,13-11-,14-12-,19-17-,20-18-,25-23-,26-24-,31-29-,43-30-,50-48-. The van der Waals surface area contributed by atoms with Gasteiger partial charge in [-0.2, -0.15) is 0 Å². The summed E-state index contributed by atoms with van der Waals surface area (Å²) in [6, 6.07) is 0. The highest BCUT2D eigenvalue weighted by Crippen LogP contribution is 2.43. The highest BCUT2D eigenvalue weighted by Gasteiger charge is 2.26. The van der Waals surface area contributed by atoms with Crippen LogP contribution in [0.3, 0.4) is 0 Å². The summed E-state index contributed by atoms with van der Waals surface area (Å²) in [4.78, 5) is 35.4. The van der Waals surface area contributed by atoms with Crippen molar-refractivity contribution in [1.82, 2.24) is 0 Å². The number of unbranched alkanes of at least 4 members (excludes halogenated alkanes) is 31. The van der Waals surface area contributed by atoms with Crippen LogP contribution in [0.5, 0.6) is 0 Å². The molecule has 87 heavy (non-hydrogen) atoms. The second-order valence-electron chi connectivity index (χ2n) is 23.3. The Bertz CT molecular complexity index is 1890. The van der Waals surface area contributed by atoms with Crippen LogP contribution in [0.4, 0.5) is 0 Å². The van der Waals surface area contributed by atoms with E-state index in [-0.39, 0.29) is 38.6 Å². The number of phosphoric acid groups is 1. The average Bonchev–Trinajstić information content (AvgIpc) is 3.62. The van der Waals surface area contributed by atoms with Gasteiger partial charge < -0.3 is 20.1 Å². The molecule has 498 valence electrons. The normalized spacial score (nSPS) is 13.7. The van der Waals surface area contributed by atoms with Crippen molar-refractivity contribution in [1.29, 1.82) is 0 Å². The van der Waals surface area contributed by atoms with E-state index >= 15 is 0 Å². The third-order valence-electron chi connectivity index (χ3n) is 15.0. The minimum atomic E-state index is -4.40. The molecule has 0 fully saturated rings. The Kier molecular flexibility index (Phi) is 68.1. The first-order valence-electron chi connectivity index (χ1n) is 35.7. The summed E-state index contributed by atoms with van der Waals surface area (Å²) in [6.45, 7) is 3.53. The SMILES string of the molecule is CC/C=C\C/C=C\C/C=C\C/C=C\C/C=C\C/C=C\CCCCCCCCCCC(=O)OC(COC(=O)CCCCCCCCCCCCCCCCCCCCCCCCC/C=C\C/C=C\C/C=C\C/C=C\C/C=C\CC)COP(=O)(O)OCCN. The fraction of sp³-hybridized carbons (Fsp3) is 0.688. The molecule has 2 atom stereocenters. The van der Waals surface area contributed by atoms with Crippen LogP contribution in [0.1, 0.15) is 309 Å². The van der Waals surface area contributed by atoms with Gasteiger partial charge in [-0.1, -0.05) is 321 Å². The van der Waals surface area contributed by atoms with Gasteiger partial charge in [0.15, 0.2) is 6.10 Å². The zero-order chi connectivity index (χ0) is 63.0. The first-order valence-corrected chi connectivity index (χ1v) is 37.2. The number of nitrogens with two attached hydrogens (primary N) is 1. The van der Waals surface area contributed by atoms with Gasteiger partial charge in [-0.25, -0.2) is 4.57 Å². The molecular formula is C77H132NO8P. The third kappa shape index (κ3) is 71.1. The third-order valence-corrected chi connectivity index (χ3v) is 16.0. The van der Waals surface area contributed by atoms with Crippen molar-refractivity contribution in [2.75, 3.05) is 26.4 Å². The minimum absolute atomic E-state index is 0.0476. The molecule has 10 heteroatoms. The van der Waals surface area contributed by atoms with Crippen LogP contribution in [0.15, 0.2) is 134 Å². The molecule has 0 aliphatic carbocycles. The van der Waals surface area contributed by atoms with E-state index in [4.69, 9.17) is 24.3 Å². The molecule has 0 aliphatic rings. The predicted octanol–water partition coefficient (Wildman–Crippen LogP) is 23.6. The van der Waals surface area contributed by atoms with E-state index in [9.17, 15) is 19.0 Å². The van der Waals surface area contributed by atoms with Gasteiger partial charge in [0, 0.05) is 19.4 Å². The van der Waals surface area contributed by atoms with Crippen LogP contribution in [0, 0.1) is 0 Å². The maximum Gasteiger partial charge on any atom is 0.472 e. The van der Waals surface area contributed by atoms with Crippen LogP contribution in [-0.2, 0) is 32.7 Å². The van der Waals surface area contributed by atoms with Gasteiger partial charge in [-0.3, -0.25) is 18.6 Å². The number of allylic oxidation sites excluding steroid dienone is 22. The Hall–Kier alpha value is -3.85. The molecule has 0 radical (unpaired) electrons. The summed E-state index contributed by atoms with van der Waals surface area (Å²) < 4.78 is 33.2. The van der Waals surface area contributed by atoms with E-state index < -0.39 is 26.5 Å². The van der Waals surface area contributed by atoms with Crippen molar-refractivity contribution in [3.63, 3.8) is 0 Å². The Morgan fingerprint density at radius 1 is 0.345 bits per heavy atom. The molecule has 0 aromatic rings. The molecule has 0 amide bonds. The summed E-state index contributed by atoms with van der Waals surface area (Å²) in [7, 11) is -4.40. The summed E-state index contributed by atoms with van der Waals surface area (Å²) in [5, 5.41) is 0. The predicted molar refractivity (Wildman–Crippen MR) is 376 cm³/mol. The van der Waals surface area contributed by atoms with Crippen molar-refractivity contribution in [2.45, 2.75) is 315 Å². The zero-order valence-electron chi connectivity index (χ0n) is 56.0. The number of hydrogen-bond acceptors (Lipinski definition) is 8. The summed E-state index contributed by atoms with van der Waals surface area (Å²) in [5.74, 6) is -0.833. The quantitative estimate of drug-likeness (QED) is 0.0264. The molecule has 9 nitrogen and oxygen atoms in total. The van der Waals surface area contributed by atoms with E-state index in [2.05, 4.69) is 148 Å². The second-order valence-corrected chi connectivity index (χ2v) is 24.8. The van der Waals surface area contributed by atoms with Gasteiger partial charge in [0.1, 0.15) is 6.61 Å². The zero-order valence-corrected chi connectivity index (χ0v) is 56.9. The van der Waals surface area contributed by atoms with Crippen molar-refractivity contribution in [3.05, 3.63) is 134 Å². The number of phosphoric ester groups is 1. The molecule has 0 spiro atoms. The van der Waals surface area contributed by atoms with Gasteiger partial charge in [-0.05, 0) is 109 Å². The molecule has 0 bridgehead atoms. The van der Waals surface area contributed by atoms with Gasteiger partial charge in [0.25, 0.3) is 0 Å². The number of hydrogen-bond donors (Lipinski definition) is 2. The number of esters is 2. The molecule has 0 aromatic carbocycles. The molecule has 2 unspecified atom stereocenters. The lowest BCUT2D eigenvalue weighted by Gasteiger charge is -2.19. The number of carbonyl (C=O) groups excluding carboxylic acids is 2. The van der Waals surface area contributed by atoms with E-state index in [1.165, 1.54) is 161 Å².